The van der Waals surface area contributed by atoms with Gasteiger partial charge in [-0.1, -0.05) is 53.5 Å². The van der Waals surface area contributed by atoms with E-state index in [1.165, 1.54) is 0 Å². The minimum Gasteiger partial charge on any atom is -0.478 e. The van der Waals surface area contributed by atoms with Crippen LogP contribution in [0.1, 0.15) is 27.3 Å². The molecule has 1 heterocycles. The SMILES string of the molecule is Nc1ccc(C=Cc2nc(-c3ccc(Cl)cc3Cl)cn2Cc2ccc(C(=O)O)cc2)cc1. The van der Waals surface area contributed by atoms with E-state index in [2.05, 4.69) is 0 Å². The molecule has 0 bridgehead atoms. The van der Waals surface area contributed by atoms with Crippen molar-refractivity contribution in [1.82, 2.24) is 9.55 Å². The third-order valence-corrected chi connectivity index (χ3v) is 5.48. The normalized spacial score (nSPS) is 11.2. The first-order valence-electron chi connectivity index (χ1n) is 9.77. The quantitative estimate of drug-likeness (QED) is 0.326. The van der Waals surface area contributed by atoms with Crippen LogP contribution in [0.4, 0.5) is 5.69 Å². The molecule has 0 aliphatic carbocycles. The first-order valence-corrected chi connectivity index (χ1v) is 10.5. The fourth-order valence-electron chi connectivity index (χ4n) is 3.24. The van der Waals surface area contributed by atoms with Crippen LogP contribution < -0.4 is 5.73 Å². The monoisotopic (exact) mass is 463 g/mol. The summed E-state index contributed by atoms with van der Waals surface area (Å²) in [5.74, 6) is -0.226. The van der Waals surface area contributed by atoms with Gasteiger partial charge in [-0.15, -0.1) is 0 Å². The Balaban J connectivity index is 1.71. The number of rotatable bonds is 6. The van der Waals surface area contributed by atoms with Crippen LogP contribution in [0.25, 0.3) is 23.4 Å². The predicted octanol–water partition coefficient (Wildman–Crippen LogP) is 6.36. The largest absolute Gasteiger partial charge is 0.478 e. The maximum absolute atomic E-state index is 11.1. The number of nitrogens with zero attached hydrogens (tertiary/aromatic N) is 2. The summed E-state index contributed by atoms with van der Waals surface area (Å²) in [4.78, 5) is 15.9. The fourth-order valence-corrected chi connectivity index (χ4v) is 3.75. The molecule has 0 aliphatic heterocycles. The maximum Gasteiger partial charge on any atom is 0.335 e. The lowest BCUT2D eigenvalue weighted by molar-refractivity contribution is 0.0697. The van der Waals surface area contributed by atoms with Crippen molar-refractivity contribution in [3.63, 3.8) is 0 Å². The van der Waals surface area contributed by atoms with Gasteiger partial charge < -0.3 is 15.4 Å². The molecule has 0 amide bonds. The zero-order chi connectivity index (χ0) is 22.7. The van der Waals surface area contributed by atoms with Crippen LogP contribution in [0, 0.1) is 0 Å². The molecule has 0 spiro atoms. The van der Waals surface area contributed by atoms with Crippen LogP contribution in [0.2, 0.25) is 10.0 Å². The number of benzene rings is 3. The highest BCUT2D eigenvalue weighted by Gasteiger charge is 2.12. The van der Waals surface area contributed by atoms with Crippen molar-refractivity contribution >= 4 is 47.0 Å². The van der Waals surface area contributed by atoms with E-state index in [1.54, 1.807) is 36.4 Å². The number of imidazole rings is 1. The number of nitrogens with two attached hydrogens (primary N) is 1. The number of carbonyl (C=O) groups is 1. The van der Waals surface area contributed by atoms with E-state index in [9.17, 15) is 4.79 Å². The van der Waals surface area contributed by atoms with Crippen LogP contribution in [0.3, 0.4) is 0 Å². The summed E-state index contributed by atoms with van der Waals surface area (Å²) in [6.07, 6.45) is 5.80. The smallest absolute Gasteiger partial charge is 0.335 e. The second-order valence-corrected chi connectivity index (χ2v) is 8.08. The Morgan fingerprint density at radius 1 is 1.00 bits per heavy atom. The zero-order valence-corrected chi connectivity index (χ0v) is 18.4. The van der Waals surface area contributed by atoms with E-state index in [1.807, 2.05) is 53.2 Å². The van der Waals surface area contributed by atoms with Gasteiger partial charge in [0, 0.05) is 29.0 Å². The van der Waals surface area contributed by atoms with Crippen LogP contribution in [-0.4, -0.2) is 20.6 Å². The van der Waals surface area contributed by atoms with Gasteiger partial charge in [0.25, 0.3) is 0 Å². The van der Waals surface area contributed by atoms with Gasteiger partial charge in [0.05, 0.1) is 16.3 Å². The Hall–Kier alpha value is -3.54. The summed E-state index contributed by atoms with van der Waals surface area (Å²) in [6, 6.07) is 19.6. The van der Waals surface area contributed by atoms with Crippen molar-refractivity contribution in [3.05, 3.63) is 105 Å². The molecular weight excluding hydrogens is 445 g/mol. The summed E-state index contributed by atoms with van der Waals surface area (Å²) in [6.45, 7) is 0.513. The van der Waals surface area contributed by atoms with E-state index in [0.717, 1.165) is 22.5 Å². The average Bonchev–Trinajstić information content (AvgIpc) is 3.16. The number of aromatic carboxylic acids is 1. The Morgan fingerprint density at radius 3 is 2.38 bits per heavy atom. The molecule has 4 aromatic rings. The van der Waals surface area contributed by atoms with E-state index >= 15 is 0 Å². The van der Waals surface area contributed by atoms with Gasteiger partial charge >= 0.3 is 5.97 Å². The van der Waals surface area contributed by atoms with Crippen molar-refractivity contribution in [2.24, 2.45) is 0 Å². The number of hydrogen-bond acceptors (Lipinski definition) is 3. The predicted molar refractivity (Wildman–Crippen MR) is 130 cm³/mol. The highest BCUT2D eigenvalue weighted by molar-refractivity contribution is 6.36. The summed E-state index contributed by atoms with van der Waals surface area (Å²) < 4.78 is 1.99. The van der Waals surface area contributed by atoms with Gasteiger partial charge in [0.2, 0.25) is 0 Å². The molecule has 1 aromatic heterocycles. The molecule has 32 heavy (non-hydrogen) atoms. The Kier molecular flexibility index (Phi) is 6.30. The van der Waals surface area contributed by atoms with Gasteiger partial charge in [-0.05, 0) is 59.7 Å². The van der Waals surface area contributed by atoms with Gasteiger partial charge in [-0.25, -0.2) is 9.78 Å². The van der Waals surface area contributed by atoms with Crippen molar-refractivity contribution < 1.29 is 9.90 Å². The maximum atomic E-state index is 11.1. The molecule has 160 valence electrons. The van der Waals surface area contributed by atoms with Gasteiger partial charge in [-0.3, -0.25) is 0 Å². The lowest BCUT2D eigenvalue weighted by Crippen LogP contribution is -2.02. The summed E-state index contributed by atoms with van der Waals surface area (Å²) >= 11 is 12.4. The number of halogens is 2. The summed E-state index contributed by atoms with van der Waals surface area (Å²) in [5.41, 5.74) is 10.1. The van der Waals surface area contributed by atoms with Crippen molar-refractivity contribution in [3.8, 4) is 11.3 Å². The third-order valence-electron chi connectivity index (χ3n) is 4.93. The highest BCUT2D eigenvalue weighted by atomic mass is 35.5. The number of carboxylic acids is 1. The molecule has 7 heteroatoms. The highest BCUT2D eigenvalue weighted by Crippen LogP contribution is 2.30. The molecule has 3 aromatic carbocycles. The van der Waals surface area contributed by atoms with Crippen molar-refractivity contribution in [2.75, 3.05) is 5.73 Å². The number of aromatic nitrogens is 2. The molecule has 0 radical (unpaired) electrons. The van der Waals surface area contributed by atoms with Crippen LogP contribution in [0.5, 0.6) is 0 Å². The van der Waals surface area contributed by atoms with Crippen molar-refractivity contribution in [1.29, 1.82) is 0 Å². The number of hydrogen-bond donors (Lipinski definition) is 2. The molecule has 0 atom stereocenters. The lowest BCUT2D eigenvalue weighted by Gasteiger charge is -2.06. The molecule has 0 aliphatic rings. The molecular formula is C25H19Cl2N3O2. The molecule has 3 N–H and O–H groups in total. The first-order chi connectivity index (χ1) is 15.4. The first kappa shape index (κ1) is 21.7. The van der Waals surface area contributed by atoms with E-state index in [4.69, 9.17) is 39.0 Å². The standard InChI is InChI=1S/C25H19Cl2N3O2/c26-19-8-11-21(22(27)13-19)23-15-30(14-17-1-6-18(7-2-17)25(31)32)24(29-23)12-5-16-3-9-20(28)10-4-16/h1-13,15H,14,28H2,(H,31,32). The summed E-state index contributed by atoms with van der Waals surface area (Å²) in [7, 11) is 0. The molecule has 0 unspecified atom stereocenters. The molecule has 0 saturated carbocycles. The van der Waals surface area contributed by atoms with Gasteiger partial charge in [-0.2, -0.15) is 0 Å². The average molecular weight is 464 g/mol. The minimum atomic E-state index is -0.953. The van der Waals surface area contributed by atoms with Gasteiger partial charge in [0.15, 0.2) is 0 Å². The van der Waals surface area contributed by atoms with E-state index in [0.29, 0.717) is 28.0 Å². The zero-order valence-electron chi connectivity index (χ0n) is 16.9. The number of anilines is 1. The molecule has 4 rings (SSSR count). The summed E-state index contributed by atoms with van der Waals surface area (Å²) in [5, 5.41) is 10.2. The molecule has 0 saturated heterocycles. The molecule has 0 fully saturated rings. The Bertz CT molecular complexity index is 1290. The topological polar surface area (TPSA) is 81.1 Å². The second-order valence-electron chi connectivity index (χ2n) is 7.24. The van der Waals surface area contributed by atoms with Crippen LogP contribution in [-0.2, 0) is 6.54 Å². The Labute approximate surface area is 195 Å². The van der Waals surface area contributed by atoms with Crippen molar-refractivity contribution in [2.45, 2.75) is 6.54 Å². The Morgan fingerprint density at radius 2 is 1.72 bits per heavy atom. The lowest BCUT2D eigenvalue weighted by atomic mass is 10.1. The number of carboxylic acid groups (broad SMARTS) is 1. The minimum absolute atomic E-state index is 0.247. The fraction of sp³-hybridized carbons (Fsp3) is 0.0400. The van der Waals surface area contributed by atoms with Crippen LogP contribution in [0.15, 0.2) is 72.9 Å². The van der Waals surface area contributed by atoms with Crippen LogP contribution >= 0.6 is 23.2 Å². The van der Waals surface area contributed by atoms with Gasteiger partial charge in [0.1, 0.15) is 5.82 Å². The van der Waals surface area contributed by atoms with E-state index in [-0.39, 0.29) is 5.56 Å². The third kappa shape index (κ3) is 5.02. The number of nitrogen functional groups attached to an aromatic ring is 1. The molecule has 5 nitrogen and oxygen atoms in total. The second kappa shape index (κ2) is 9.30. The van der Waals surface area contributed by atoms with E-state index < -0.39 is 5.97 Å².